The molecule has 1 aromatic carbocycles. The molecule has 0 unspecified atom stereocenters. The third-order valence-corrected chi connectivity index (χ3v) is 3.94. The molecule has 0 atom stereocenters. The Kier molecular flexibility index (Phi) is 3.44. The summed E-state index contributed by atoms with van der Waals surface area (Å²) in [6, 6.07) is 5.25. The Morgan fingerprint density at radius 2 is 2.21 bits per heavy atom. The van der Waals surface area contributed by atoms with Gasteiger partial charge in [-0.05, 0) is 53.6 Å². The molecule has 7 heteroatoms. The highest BCUT2D eigenvalue weighted by Gasteiger charge is 2.29. The summed E-state index contributed by atoms with van der Waals surface area (Å²) in [6.45, 7) is 0. The van der Waals surface area contributed by atoms with Crippen molar-refractivity contribution in [2.24, 2.45) is 0 Å². The Labute approximate surface area is 127 Å². The monoisotopic (exact) mass is 389 g/mol. The molecule has 0 saturated heterocycles. The van der Waals surface area contributed by atoms with Gasteiger partial charge < -0.3 is 4.42 Å². The predicted octanol–water partition coefficient (Wildman–Crippen LogP) is 3.46. The molecule has 0 aliphatic heterocycles. The van der Waals surface area contributed by atoms with E-state index in [2.05, 4.69) is 38.1 Å². The molecule has 1 heterocycles. The quantitative estimate of drug-likeness (QED) is 0.817. The Bertz CT molecular complexity index is 640. The lowest BCUT2D eigenvalue weighted by Gasteiger charge is -2.03. The third kappa shape index (κ3) is 2.89. The van der Waals surface area contributed by atoms with E-state index in [0.717, 1.165) is 16.4 Å². The molecule has 0 bridgehead atoms. The smallest absolute Gasteiger partial charge is 0.322 e. The first-order valence-corrected chi connectivity index (χ1v) is 7.19. The number of rotatable bonds is 3. The van der Waals surface area contributed by atoms with Crippen LogP contribution in [0.2, 0.25) is 5.02 Å². The van der Waals surface area contributed by atoms with E-state index in [-0.39, 0.29) is 11.9 Å². The van der Waals surface area contributed by atoms with Gasteiger partial charge in [-0.1, -0.05) is 16.7 Å². The van der Waals surface area contributed by atoms with Crippen LogP contribution in [0.3, 0.4) is 0 Å². The molecule has 2 aromatic rings. The number of amides is 1. The first kappa shape index (κ1) is 12.9. The van der Waals surface area contributed by atoms with E-state index in [9.17, 15) is 4.79 Å². The van der Waals surface area contributed by atoms with Crippen LogP contribution in [0.4, 0.5) is 6.01 Å². The summed E-state index contributed by atoms with van der Waals surface area (Å²) in [7, 11) is 0. The van der Waals surface area contributed by atoms with Gasteiger partial charge in [-0.25, -0.2) is 0 Å². The Balaban J connectivity index is 1.77. The van der Waals surface area contributed by atoms with Crippen molar-refractivity contribution < 1.29 is 9.21 Å². The lowest BCUT2D eigenvalue weighted by Crippen LogP contribution is -2.13. The van der Waals surface area contributed by atoms with Crippen molar-refractivity contribution in [3.05, 3.63) is 38.2 Å². The second-order valence-corrected chi connectivity index (χ2v) is 5.90. The first-order valence-electron chi connectivity index (χ1n) is 5.73. The maximum atomic E-state index is 12.1. The minimum absolute atomic E-state index is 0.127. The van der Waals surface area contributed by atoms with Crippen LogP contribution in [-0.4, -0.2) is 16.1 Å². The fourth-order valence-electron chi connectivity index (χ4n) is 1.62. The van der Waals surface area contributed by atoms with Crippen molar-refractivity contribution in [1.82, 2.24) is 10.2 Å². The van der Waals surface area contributed by atoms with Gasteiger partial charge in [-0.15, -0.1) is 5.10 Å². The maximum Gasteiger partial charge on any atom is 0.322 e. The highest BCUT2D eigenvalue weighted by molar-refractivity contribution is 14.1. The van der Waals surface area contributed by atoms with Crippen LogP contribution < -0.4 is 5.32 Å². The minimum Gasteiger partial charge on any atom is -0.408 e. The molecule has 98 valence electrons. The van der Waals surface area contributed by atoms with Crippen LogP contribution in [0.5, 0.6) is 0 Å². The van der Waals surface area contributed by atoms with Crippen molar-refractivity contribution in [2.75, 3.05) is 5.32 Å². The molecular formula is C12H9ClIN3O2. The highest BCUT2D eigenvalue weighted by atomic mass is 127. The van der Waals surface area contributed by atoms with Gasteiger partial charge in [0.1, 0.15) is 0 Å². The van der Waals surface area contributed by atoms with Crippen LogP contribution in [-0.2, 0) is 0 Å². The van der Waals surface area contributed by atoms with E-state index in [4.69, 9.17) is 16.0 Å². The molecule has 1 N–H and O–H groups in total. The summed E-state index contributed by atoms with van der Waals surface area (Å²) in [5, 5.41) is 10.8. The summed E-state index contributed by atoms with van der Waals surface area (Å²) in [6.07, 6.45) is 2.14. The lowest BCUT2D eigenvalue weighted by molar-refractivity contribution is 0.102. The molecule has 1 saturated carbocycles. The molecule has 19 heavy (non-hydrogen) atoms. The maximum absolute atomic E-state index is 12.1. The van der Waals surface area contributed by atoms with Crippen LogP contribution in [0.15, 0.2) is 22.6 Å². The minimum atomic E-state index is -0.308. The molecular weight excluding hydrogens is 381 g/mol. The number of nitrogens with one attached hydrogen (secondary N) is 1. The SMILES string of the molecule is O=C(Nc1nnc(C2CC2)o1)c1cc(Cl)ccc1I. The normalized spacial score (nSPS) is 14.4. The number of nitrogens with zero attached hydrogens (tertiary/aromatic N) is 2. The van der Waals surface area contributed by atoms with Gasteiger partial charge in [0.05, 0.1) is 5.56 Å². The average Bonchev–Trinajstić information content (AvgIpc) is 3.13. The molecule has 1 aliphatic carbocycles. The molecule has 1 amide bonds. The van der Waals surface area contributed by atoms with Crippen LogP contribution in [0.1, 0.15) is 35.0 Å². The summed E-state index contributed by atoms with van der Waals surface area (Å²) >= 11 is 7.96. The summed E-state index contributed by atoms with van der Waals surface area (Å²) in [4.78, 5) is 12.1. The van der Waals surface area contributed by atoms with E-state index in [0.29, 0.717) is 22.4 Å². The van der Waals surface area contributed by atoms with Crippen molar-refractivity contribution in [2.45, 2.75) is 18.8 Å². The van der Waals surface area contributed by atoms with Gasteiger partial charge in [0, 0.05) is 14.5 Å². The van der Waals surface area contributed by atoms with E-state index in [1.165, 1.54) is 0 Å². The first-order chi connectivity index (χ1) is 9.13. The number of carbonyl (C=O) groups excluding carboxylic acids is 1. The Morgan fingerprint density at radius 1 is 1.42 bits per heavy atom. The topological polar surface area (TPSA) is 68.0 Å². The number of aromatic nitrogens is 2. The Hall–Kier alpha value is -1.15. The molecule has 0 radical (unpaired) electrons. The van der Waals surface area contributed by atoms with Gasteiger partial charge in [0.25, 0.3) is 5.91 Å². The standard InChI is InChI=1S/C12H9ClIN3O2/c13-7-3-4-9(14)8(5-7)10(18)15-12-17-16-11(19-12)6-1-2-6/h3-6H,1-2H2,(H,15,17,18). The zero-order chi connectivity index (χ0) is 13.4. The van der Waals surface area contributed by atoms with Crippen molar-refractivity contribution >= 4 is 46.1 Å². The van der Waals surface area contributed by atoms with Crippen molar-refractivity contribution in [1.29, 1.82) is 0 Å². The van der Waals surface area contributed by atoms with Gasteiger partial charge >= 0.3 is 6.01 Å². The molecule has 3 rings (SSSR count). The number of hydrogen-bond donors (Lipinski definition) is 1. The lowest BCUT2D eigenvalue weighted by atomic mass is 10.2. The number of anilines is 1. The van der Waals surface area contributed by atoms with Gasteiger partial charge in [0.15, 0.2) is 0 Å². The van der Waals surface area contributed by atoms with E-state index >= 15 is 0 Å². The molecule has 1 fully saturated rings. The van der Waals surface area contributed by atoms with Crippen LogP contribution in [0, 0.1) is 3.57 Å². The third-order valence-electron chi connectivity index (χ3n) is 2.76. The molecule has 5 nitrogen and oxygen atoms in total. The van der Waals surface area contributed by atoms with Gasteiger partial charge in [-0.3, -0.25) is 10.1 Å². The zero-order valence-corrected chi connectivity index (χ0v) is 12.6. The molecule has 0 spiro atoms. The summed E-state index contributed by atoms with van der Waals surface area (Å²) in [5.74, 6) is 0.651. The number of benzene rings is 1. The number of halogens is 2. The van der Waals surface area contributed by atoms with Crippen LogP contribution in [0.25, 0.3) is 0 Å². The second-order valence-electron chi connectivity index (χ2n) is 4.30. The van der Waals surface area contributed by atoms with Gasteiger partial charge in [0.2, 0.25) is 5.89 Å². The molecule has 1 aromatic heterocycles. The predicted molar refractivity (Wildman–Crippen MR) is 78.4 cm³/mol. The number of hydrogen-bond acceptors (Lipinski definition) is 4. The van der Waals surface area contributed by atoms with E-state index < -0.39 is 0 Å². The fraction of sp³-hybridized carbons (Fsp3) is 0.250. The largest absolute Gasteiger partial charge is 0.408 e. The van der Waals surface area contributed by atoms with E-state index in [1.807, 2.05) is 0 Å². The van der Waals surface area contributed by atoms with Crippen molar-refractivity contribution in [3.63, 3.8) is 0 Å². The zero-order valence-electron chi connectivity index (χ0n) is 9.69. The van der Waals surface area contributed by atoms with E-state index in [1.54, 1.807) is 18.2 Å². The summed E-state index contributed by atoms with van der Waals surface area (Å²) < 4.78 is 6.19. The van der Waals surface area contributed by atoms with Crippen LogP contribution >= 0.6 is 34.2 Å². The second kappa shape index (κ2) is 5.09. The number of carbonyl (C=O) groups is 1. The molecule has 1 aliphatic rings. The average molecular weight is 390 g/mol. The van der Waals surface area contributed by atoms with Gasteiger partial charge in [-0.2, -0.15) is 0 Å². The summed E-state index contributed by atoms with van der Waals surface area (Å²) in [5.41, 5.74) is 0.485. The fourth-order valence-corrected chi connectivity index (χ4v) is 2.37. The Morgan fingerprint density at radius 3 is 2.95 bits per heavy atom. The van der Waals surface area contributed by atoms with Crippen molar-refractivity contribution in [3.8, 4) is 0 Å². The highest BCUT2D eigenvalue weighted by Crippen LogP contribution is 2.39.